The number of nitrogens with one attached hydrogen (secondary N) is 1. The van der Waals surface area contributed by atoms with E-state index in [9.17, 15) is 9.18 Å². The molecule has 0 radical (unpaired) electrons. The molecule has 0 saturated carbocycles. The van der Waals surface area contributed by atoms with Crippen molar-refractivity contribution in [2.75, 3.05) is 47.1 Å². The summed E-state index contributed by atoms with van der Waals surface area (Å²) >= 11 is 0. The summed E-state index contributed by atoms with van der Waals surface area (Å²) < 4.78 is 32.9. The number of carbonyl (C=O) groups is 1. The molecule has 1 aromatic heterocycles. The predicted molar refractivity (Wildman–Crippen MR) is 139 cm³/mol. The molecule has 0 bridgehead atoms. The highest BCUT2D eigenvalue weighted by Gasteiger charge is 2.30. The Bertz CT molecular complexity index is 931. The van der Waals surface area contributed by atoms with Crippen molar-refractivity contribution in [2.24, 2.45) is 0 Å². The first kappa shape index (κ1) is 29.4. The Morgan fingerprint density at radius 3 is 2.63 bits per heavy atom. The monoisotopic (exact) mass is 513 g/mol. The number of nitrogens with zero attached hydrogens (tertiary/aromatic N) is 2. The molecule has 198 valence electrons. The summed E-state index contributed by atoms with van der Waals surface area (Å²) in [5.74, 6) is 0.328. The number of halogens is 2. The van der Waals surface area contributed by atoms with Crippen LogP contribution < -0.4 is 10.1 Å². The van der Waals surface area contributed by atoms with E-state index < -0.39 is 0 Å². The molecule has 2 aromatic rings. The van der Waals surface area contributed by atoms with E-state index in [-0.39, 0.29) is 42.6 Å². The highest BCUT2D eigenvalue weighted by atomic mass is 35.5. The molecule has 1 atom stereocenters. The molecule has 7 nitrogen and oxygen atoms in total. The zero-order valence-electron chi connectivity index (χ0n) is 21.5. The maximum absolute atomic E-state index is 14.2. The summed E-state index contributed by atoms with van der Waals surface area (Å²) in [6, 6.07) is 5.02. The number of ether oxygens (including phenoxy) is 3. The van der Waals surface area contributed by atoms with Crippen LogP contribution in [0.4, 0.5) is 4.39 Å². The molecular formula is C26H41ClFN3O4. The number of hydrogen-bond acceptors (Lipinski definition) is 5. The number of hydrogen-bond donors (Lipinski definition) is 1. The van der Waals surface area contributed by atoms with Crippen molar-refractivity contribution in [1.82, 2.24) is 14.8 Å². The Kier molecular flexibility index (Phi) is 12.3. The molecule has 0 unspecified atom stereocenters. The molecule has 35 heavy (non-hydrogen) atoms. The molecule has 9 heteroatoms. The summed E-state index contributed by atoms with van der Waals surface area (Å²) in [6.07, 6.45) is 4.05. The Morgan fingerprint density at radius 2 is 1.97 bits per heavy atom. The lowest BCUT2D eigenvalue weighted by Crippen LogP contribution is -2.52. The lowest BCUT2D eigenvalue weighted by Gasteiger charge is -2.38. The number of methoxy groups -OCH3 is 2. The van der Waals surface area contributed by atoms with Crippen molar-refractivity contribution in [3.05, 3.63) is 29.7 Å². The van der Waals surface area contributed by atoms with Gasteiger partial charge in [0.15, 0.2) is 0 Å². The molecule has 0 spiro atoms. The first-order valence-corrected chi connectivity index (χ1v) is 12.4. The van der Waals surface area contributed by atoms with Gasteiger partial charge in [0, 0.05) is 51.4 Å². The van der Waals surface area contributed by atoms with E-state index in [1.807, 2.05) is 4.90 Å². The molecular weight excluding hydrogens is 473 g/mol. The van der Waals surface area contributed by atoms with Gasteiger partial charge in [-0.3, -0.25) is 4.79 Å². The molecule has 1 aliphatic rings. The second kappa shape index (κ2) is 14.6. The smallest absolute Gasteiger partial charge is 0.229 e. The number of carbonyl (C=O) groups excluding carboxylic acids is 1. The topological polar surface area (TPSA) is 65.0 Å². The van der Waals surface area contributed by atoms with Gasteiger partial charge in [0.25, 0.3) is 0 Å². The third-order valence-electron chi connectivity index (χ3n) is 6.42. The minimum absolute atomic E-state index is 0. The van der Waals surface area contributed by atoms with E-state index in [2.05, 4.69) is 23.7 Å². The SMILES string of the molecule is COCCCCn1c(CC(=O)N(C(C)C)[C@@H]2CCCNC2)c(OCCOC)c2cc(F)ccc21.Cl. The quantitative estimate of drug-likeness (QED) is 0.407. The molecule has 1 amide bonds. The van der Waals surface area contributed by atoms with E-state index in [0.717, 1.165) is 50.0 Å². The second-order valence-corrected chi connectivity index (χ2v) is 9.20. The third-order valence-corrected chi connectivity index (χ3v) is 6.42. The van der Waals surface area contributed by atoms with Crippen LogP contribution >= 0.6 is 12.4 Å². The van der Waals surface area contributed by atoms with E-state index in [1.165, 1.54) is 12.1 Å². The average Bonchev–Trinajstić information content (AvgIpc) is 3.09. The van der Waals surface area contributed by atoms with Gasteiger partial charge in [0.1, 0.15) is 18.2 Å². The van der Waals surface area contributed by atoms with E-state index in [1.54, 1.807) is 20.3 Å². The van der Waals surface area contributed by atoms with Crippen molar-refractivity contribution < 1.29 is 23.4 Å². The van der Waals surface area contributed by atoms with Crippen LogP contribution in [-0.2, 0) is 27.2 Å². The molecule has 1 saturated heterocycles. The Morgan fingerprint density at radius 1 is 1.20 bits per heavy atom. The number of fused-ring (bicyclic) bond motifs is 1. The van der Waals surface area contributed by atoms with Crippen molar-refractivity contribution >= 4 is 29.2 Å². The van der Waals surface area contributed by atoms with Gasteiger partial charge >= 0.3 is 0 Å². The van der Waals surface area contributed by atoms with E-state index in [4.69, 9.17) is 14.2 Å². The molecule has 1 N–H and O–H groups in total. The predicted octanol–water partition coefficient (Wildman–Crippen LogP) is 4.19. The van der Waals surface area contributed by atoms with Crippen molar-refractivity contribution in [2.45, 2.75) is 64.6 Å². The first-order chi connectivity index (χ1) is 16.5. The number of aryl methyl sites for hydroxylation is 1. The van der Waals surface area contributed by atoms with Crippen LogP contribution in [0.15, 0.2) is 18.2 Å². The number of unbranched alkanes of at least 4 members (excludes halogenated alkanes) is 1. The van der Waals surface area contributed by atoms with Gasteiger partial charge in [-0.1, -0.05) is 0 Å². The molecule has 3 rings (SSSR count). The maximum atomic E-state index is 14.2. The van der Waals surface area contributed by atoms with E-state index >= 15 is 0 Å². The fourth-order valence-corrected chi connectivity index (χ4v) is 4.90. The van der Waals surface area contributed by atoms with Gasteiger partial charge in [0.2, 0.25) is 5.91 Å². The molecule has 1 aliphatic heterocycles. The largest absolute Gasteiger partial charge is 0.489 e. The minimum Gasteiger partial charge on any atom is -0.489 e. The highest BCUT2D eigenvalue weighted by Crippen LogP contribution is 2.35. The van der Waals surface area contributed by atoms with Crippen LogP contribution in [0.1, 0.15) is 45.2 Å². The molecule has 0 aliphatic carbocycles. The van der Waals surface area contributed by atoms with Crippen LogP contribution in [0.25, 0.3) is 10.9 Å². The summed E-state index contributed by atoms with van der Waals surface area (Å²) in [6.45, 7) is 8.06. The van der Waals surface area contributed by atoms with Crippen LogP contribution in [0.3, 0.4) is 0 Å². The number of benzene rings is 1. The third kappa shape index (κ3) is 7.56. The van der Waals surface area contributed by atoms with Gasteiger partial charge in [-0.05, 0) is 64.3 Å². The molecule has 1 fully saturated rings. The zero-order valence-corrected chi connectivity index (χ0v) is 22.3. The van der Waals surface area contributed by atoms with Gasteiger partial charge in [-0.25, -0.2) is 4.39 Å². The van der Waals surface area contributed by atoms with Gasteiger partial charge in [-0.15, -0.1) is 12.4 Å². The van der Waals surface area contributed by atoms with Crippen molar-refractivity contribution in [3.8, 4) is 5.75 Å². The molecule has 1 aromatic carbocycles. The maximum Gasteiger partial charge on any atom is 0.229 e. The summed E-state index contributed by atoms with van der Waals surface area (Å²) in [5, 5.41) is 4.12. The fraction of sp³-hybridized carbons (Fsp3) is 0.654. The van der Waals surface area contributed by atoms with Crippen LogP contribution in [0.2, 0.25) is 0 Å². The normalized spacial score (nSPS) is 15.9. The van der Waals surface area contributed by atoms with Gasteiger partial charge in [0.05, 0.1) is 24.2 Å². The Hall–Kier alpha value is -1.87. The zero-order chi connectivity index (χ0) is 24.5. The van der Waals surface area contributed by atoms with Crippen molar-refractivity contribution in [1.29, 1.82) is 0 Å². The van der Waals surface area contributed by atoms with Crippen molar-refractivity contribution in [3.63, 3.8) is 0 Å². The number of piperidine rings is 1. The van der Waals surface area contributed by atoms with Gasteiger partial charge in [-0.2, -0.15) is 0 Å². The first-order valence-electron chi connectivity index (χ1n) is 12.4. The lowest BCUT2D eigenvalue weighted by molar-refractivity contribution is -0.135. The number of rotatable bonds is 13. The summed E-state index contributed by atoms with van der Waals surface area (Å²) in [5.41, 5.74) is 1.68. The van der Waals surface area contributed by atoms with Crippen LogP contribution in [-0.4, -0.2) is 74.6 Å². The van der Waals surface area contributed by atoms with Crippen LogP contribution in [0, 0.1) is 5.82 Å². The summed E-state index contributed by atoms with van der Waals surface area (Å²) in [4.78, 5) is 15.7. The average molecular weight is 514 g/mol. The van der Waals surface area contributed by atoms with Gasteiger partial charge < -0.3 is 29.0 Å². The van der Waals surface area contributed by atoms with Crippen LogP contribution in [0.5, 0.6) is 5.75 Å². The standard InChI is InChI=1S/C26H40FN3O4.ClH/c1-19(2)30(21-8-7-11-28-18-21)25(31)17-24-26(34-15-14-33-4)22-16-20(27)9-10-23(22)29(24)12-5-6-13-32-3;/h9-10,16,19,21,28H,5-8,11-15,17-18H2,1-4H3;1H/t21-;/m1./s1. The Labute approximate surface area is 214 Å². The molecule has 2 heterocycles. The second-order valence-electron chi connectivity index (χ2n) is 9.20. The Balaban J connectivity index is 0.00000432. The number of amides is 1. The lowest BCUT2D eigenvalue weighted by atomic mass is 10.0. The minimum atomic E-state index is -0.324. The fourth-order valence-electron chi connectivity index (χ4n) is 4.90. The number of aromatic nitrogens is 1. The summed E-state index contributed by atoms with van der Waals surface area (Å²) in [7, 11) is 3.31. The van der Waals surface area contributed by atoms with E-state index in [0.29, 0.717) is 37.5 Å². The highest BCUT2D eigenvalue weighted by molar-refractivity contribution is 5.91.